The van der Waals surface area contributed by atoms with E-state index in [1.807, 2.05) is 59.5 Å². The number of ether oxygens (including phenoxy) is 1. The Bertz CT molecular complexity index is 1040. The number of aromatic nitrogens is 2. The van der Waals surface area contributed by atoms with E-state index in [-0.39, 0.29) is 12.5 Å². The van der Waals surface area contributed by atoms with Crippen LogP contribution in [0.25, 0.3) is 0 Å². The molecular weight excluding hydrogens is 416 g/mol. The molecule has 170 valence electrons. The van der Waals surface area contributed by atoms with Gasteiger partial charge in [-0.3, -0.25) is 19.7 Å². The highest BCUT2D eigenvalue weighted by molar-refractivity contribution is 5.83. The zero-order valence-electron chi connectivity index (χ0n) is 18.4. The Kier molecular flexibility index (Phi) is 6.44. The van der Waals surface area contributed by atoms with Crippen molar-refractivity contribution in [2.75, 3.05) is 19.7 Å². The fraction of sp³-hybridized carbons (Fsp3) is 0.346. The predicted octanol–water partition coefficient (Wildman–Crippen LogP) is 3.27. The van der Waals surface area contributed by atoms with E-state index in [1.54, 1.807) is 24.8 Å². The van der Waals surface area contributed by atoms with Crippen molar-refractivity contribution in [3.05, 3.63) is 96.1 Å². The van der Waals surface area contributed by atoms with Gasteiger partial charge in [-0.2, -0.15) is 0 Å². The van der Waals surface area contributed by atoms with Crippen LogP contribution in [0, 0.1) is 0 Å². The fourth-order valence-corrected chi connectivity index (χ4v) is 4.96. The first kappa shape index (κ1) is 21.7. The first-order valence-corrected chi connectivity index (χ1v) is 11.5. The molecule has 4 atom stereocenters. The van der Waals surface area contributed by atoms with Crippen LogP contribution in [0.2, 0.25) is 0 Å². The van der Waals surface area contributed by atoms with Gasteiger partial charge in [-0.15, -0.1) is 0 Å². The number of aliphatic hydroxyl groups is 1. The van der Waals surface area contributed by atoms with Crippen molar-refractivity contribution in [1.29, 1.82) is 0 Å². The molecular formula is C26H28N4O3. The average Bonchev–Trinajstić information content (AvgIpc) is 3.55. The molecule has 0 radical (unpaired) electrons. The Hall–Kier alpha value is -3.13. The Morgan fingerprint density at radius 1 is 0.939 bits per heavy atom. The van der Waals surface area contributed by atoms with E-state index in [0.717, 1.165) is 42.6 Å². The molecule has 7 nitrogen and oxygen atoms in total. The monoisotopic (exact) mass is 444 g/mol. The summed E-state index contributed by atoms with van der Waals surface area (Å²) in [5.41, 5.74) is 2.74. The van der Waals surface area contributed by atoms with Gasteiger partial charge in [0.1, 0.15) is 18.4 Å². The molecule has 1 aromatic carbocycles. The Balaban J connectivity index is 1.64. The van der Waals surface area contributed by atoms with Gasteiger partial charge in [-0.25, -0.2) is 0 Å². The molecule has 0 spiro atoms. The van der Waals surface area contributed by atoms with Crippen LogP contribution in [0.15, 0.2) is 79.4 Å². The summed E-state index contributed by atoms with van der Waals surface area (Å²) in [7, 11) is 0. The maximum absolute atomic E-state index is 14.0. The zero-order valence-corrected chi connectivity index (χ0v) is 18.4. The number of carbonyl (C=O) groups is 1. The summed E-state index contributed by atoms with van der Waals surface area (Å²) >= 11 is 0. The Labute approximate surface area is 193 Å². The number of likely N-dealkylation sites (tertiary alicyclic amines) is 1. The molecule has 2 aliphatic rings. The minimum absolute atomic E-state index is 0.0419. The molecule has 2 aromatic heterocycles. The van der Waals surface area contributed by atoms with Gasteiger partial charge >= 0.3 is 0 Å². The highest BCUT2D eigenvalue weighted by Gasteiger charge is 2.51. The van der Waals surface area contributed by atoms with Crippen molar-refractivity contribution in [3.8, 4) is 0 Å². The van der Waals surface area contributed by atoms with Crippen molar-refractivity contribution in [3.63, 3.8) is 0 Å². The van der Waals surface area contributed by atoms with Crippen LogP contribution in [0.1, 0.15) is 47.9 Å². The molecule has 3 aromatic rings. The largest absolute Gasteiger partial charge is 0.394 e. The molecule has 7 heteroatoms. The van der Waals surface area contributed by atoms with E-state index in [2.05, 4.69) is 14.9 Å². The summed E-state index contributed by atoms with van der Waals surface area (Å²) in [6.07, 6.45) is 7.91. The van der Waals surface area contributed by atoms with Crippen LogP contribution in [-0.2, 0) is 9.53 Å². The third kappa shape index (κ3) is 4.27. The number of pyridine rings is 2. The van der Waals surface area contributed by atoms with Crippen molar-refractivity contribution in [2.24, 2.45) is 0 Å². The standard InChI is InChI=1S/C26H28N4O3/c31-18-22(19-6-2-1-3-7-19)30-23(25(32)29-16-4-5-17-29)24(20-8-12-27-13-9-20)33-26(30)21-10-14-28-15-11-21/h1-3,6-15,22-24,26,31H,4-5,16-18H2/t22-,23+,24-,26+/m0/s1. The first-order chi connectivity index (χ1) is 16.3. The molecule has 2 fully saturated rings. The Morgan fingerprint density at radius 2 is 1.55 bits per heavy atom. The van der Waals surface area contributed by atoms with Crippen LogP contribution in [0.3, 0.4) is 0 Å². The van der Waals surface area contributed by atoms with Crippen molar-refractivity contribution < 1.29 is 14.6 Å². The van der Waals surface area contributed by atoms with Gasteiger partial charge in [-0.1, -0.05) is 30.3 Å². The lowest BCUT2D eigenvalue weighted by Gasteiger charge is -2.36. The maximum atomic E-state index is 14.0. The summed E-state index contributed by atoms with van der Waals surface area (Å²) in [4.78, 5) is 26.2. The Morgan fingerprint density at radius 3 is 2.15 bits per heavy atom. The van der Waals surface area contributed by atoms with Gasteiger partial charge in [0.15, 0.2) is 0 Å². The highest BCUT2D eigenvalue weighted by atomic mass is 16.5. The smallest absolute Gasteiger partial charge is 0.243 e. The van der Waals surface area contributed by atoms with Gasteiger partial charge in [0.2, 0.25) is 5.91 Å². The van der Waals surface area contributed by atoms with Crippen LogP contribution < -0.4 is 0 Å². The van der Waals surface area contributed by atoms with Crippen molar-refractivity contribution in [1.82, 2.24) is 19.8 Å². The number of aliphatic hydroxyl groups excluding tert-OH is 1. The predicted molar refractivity (Wildman–Crippen MR) is 123 cm³/mol. The molecule has 0 unspecified atom stereocenters. The highest BCUT2D eigenvalue weighted by Crippen LogP contribution is 2.47. The average molecular weight is 445 g/mol. The van der Waals surface area contributed by atoms with E-state index in [9.17, 15) is 9.90 Å². The van der Waals surface area contributed by atoms with Crippen LogP contribution >= 0.6 is 0 Å². The molecule has 1 amide bonds. The van der Waals surface area contributed by atoms with Crippen molar-refractivity contribution >= 4 is 5.91 Å². The number of amides is 1. The third-order valence-electron chi connectivity index (χ3n) is 6.57. The van der Waals surface area contributed by atoms with E-state index < -0.39 is 24.4 Å². The number of carbonyl (C=O) groups excluding carboxylic acids is 1. The molecule has 5 rings (SSSR count). The summed E-state index contributed by atoms with van der Waals surface area (Å²) in [5.74, 6) is 0.0419. The fourth-order valence-electron chi connectivity index (χ4n) is 4.96. The minimum Gasteiger partial charge on any atom is -0.394 e. The van der Waals surface area contributed by atoms with E-state index in [4.69, 9.17) is 4.74 Å². The van der Waals surface area contributed by atoms with Gasteiger partial charge in [0, 0.05) is 37.9 Å². The van der Waals surface area contributed by atoms with Gasteiger partial charge < -0.3 is 14.7 Å². The zero-order chi connectivity index (χ0) is 22.6. The normalized spacial score (nSPS) is 24.2. The first-order valence-electron chi connectivity index (χ1n) is 11.5. The topological polar surface area (TPSA) is 78.8 Å². The molecule has 2 aliphatic heterocycles. The van der Waals surface area contributed by atoms with Crippen LogP contribution in [-0.4, -0.2) is 56.5 Å². The molecule has 0 bridgehead atoms. The second-order valence-electron chi connectivity index (χ2n) is 8.50. The van der Waals surface area contributed by atoms with Crippen LogP contribution in [0.4, 0.5) is 0 Å². The molecule has 2 saturated heterocycles. The summed E-state index contributed by atoms with van der Waals surface area (Å²) in [5, 5.41) is 10.6. The van der Waals surface area contributed by atoms with Gasteiger partial charge in [-0.05, 0) is 53.8 Å². The summed E-state index contributed by atoms with van der Waals surface area (Å²) in [6.45, 7) is 1.37. The quantitative estimate of drug-likeness (QED) is 0.629. The molecule has 0 saturated carbocycles. The van der Waals surface area contributed by atoms with Crippen LogP contribution in [0.5, 0.6) is 0 Å². The third-order valence-corrected chi connectivity index (χ3v) is 6.57. The van der Waals surface area contributed by atoms with E-state index in [1.165, 1.54) is 0 Å². The van der Waals surface area contributed by atoms with E-state index in [0.29, 0.717) is 0 Å². The lowest BCUT2D eigenvalue weighted by Crippen LogP contribution is -2.49. The van der Waals surface area contributed by atoms with E-state index >= 15 is 0 Å². The molecule has 33 heavy (non-hydrogen) atoms. The lowest BCUT2D eigenvalue weighted by molar-refractivity contribution is -0.137. The summed E-state index contributed by atoms with van der Waals surface area (Å²) < 4.78 is 6.66. The molecule has 1 N–H and O–H groups in total. The van der Waals surface area contributed by atoms with Crippen molar-refractivity contribution in [2.45, 2.75) is 37.3 Å². The summed E-state index contributed by atoms with van der Waals surface area (Å²) in [6, 6.07) is 16.5. The number of hydrogen-bond acceptors (Lipinski definition) is 6. The SMILES string of the molecule is O=C([C@H]1[C@H](c2ccncc2)O[C@H](c2ccncc2)N1[C@@H](CO)c1ccccc1)N1CCCC1. The second kappa shape index (κ2) is 9.79. The number of rotatable bonds is 6. The maximum Gasteiger partial charge on any atom is 0.243 e. The number of nitrogens with zero attached hydrogens (tertiary/aromatic N) is 4. The second-order valence-corrected chi connectivity index (χ2v) is 8.50. The molecule has 0 aliphatic carbocycles. The molecule has 4 heterocycles. The number of hydrogen-bond donors (Lipinski definition) is 1. The number of benzene rings is 1. The van der Waals surface area contributed by atoms with Gasteiger partial charge in [0.05, 0.1) is 12.6 Å². The lowest BCUT2D eigenvalue weighted by atomic mass is 9.97. The van der Waals surface area contributed by atoms with Gasteiger partial charge in [0.25, 0.3) is 0 Å². The minimum atomic E-state index is -0.582.